The summed E-state index contributed by atoms with van der Waals surface area (Å²) in [7, 11) is 0. The zero-order chi connectivity index (χ0) is 13.1. The van der Waals surface area contributed by atoms with Gasteiger partial charge in [0.2, 0.25) is 0 Å². The summed E-state index contributed by atoms with van der Waals surface area (Å²) in [5.74, 6) is -0.0429. The molecule has 0 radical (unpaired) electrons. The molecule has 4 heteroatoms. The fourth-order valence-electron chi connectivity index (χ4n) is 1.71. The summed E-state index contributed by atoms with van der Waals surface area (Å²) < 4.78 is 0. The van der Waals surface area contributed by atoms with E-state index >= 15 is 0 Å². The second-order valence-electron chi connectivity index (χ2n) is 4.32. The van der Waals surface area contributed by atoms with Crippen molar-refractivity contribution in [1.29, 1.82) is 0 Å². The third-order valence-electron chi connectivity index (χ3n) is 2.68. The Balaban J connectivity index is 2.00. The summed E-state index contributed by atoms with van der Waals surface area (Å²) in [6.45, 7) is 6.38. The van der Waals surface area contributed by atoms with Gasteiger partial charge in [-0.05, 0) is 26.3 Å². The molecule has 3 nitrogen and oxygen atoms in total. The van der Waals surface area contributed by atoms with Gasteiger partial charge >= 0.3 is 0 Å². The average molecular weight is 260 g/mol. The lowest BCUT2D eigenvalue weighted by Crippen LogP contribution is -2.22. The Morgan fingerprint density at radius 3 is 2.44 bits per heavy atom. The molecule has 0 fully saturated rings. The molecule has 1 N–H and O–H groups in total. The van der Waals surface area contributed by atoms with Crippen molar-refractivity contribution >= 4 is 17.2 Å². The number of nitrogens with zero attached hydrogens (tertiary/aromatic N) is 1. The molecule has 0 aliphatic carbocycles. The van der Waals surface area contributed by atoms with E-state index in [1.807, 2.05) is 45.0 Å². The molecule has 1 aromatic heterocycles. The predicted octanol–water partition coefficient (Wildman–Crippen LogP) is 3.00. The van der Waals surface area contributed by atoms with Crippen molar-refractivity contribution in [3.63, 3.8) is 0 Å². The van der Waals surface area contributed by atoms with Crippen LogP contribution in [0.3, 0.4) is 0 Å². The number of carbonyl (C=O) groups excluding carboxylic acids is 1. The number of carbonyl (C=O) groups is 1. The Bertz CT molecular complexity index is 558. The summed E-state index contributed by atoms with van der Waals surface area (Å²) in [5.41, 5.74) is 3.13. The first-order valence-electron chi connectivity index (χ1n) is 5.84. The van der Waals surface area contributed by atoms with Gasteiger partial charge in [-0.15, -0.1) is 11.3 Å². The van der Waals surface area contributed by atoms with Gasteiger partial charge in [0.25, 0.3) is 5.91 Å². The average Bonchev–Trinajstić information content (AvgIpc) is 2.67. The molecule has 0 saturated carbocycles. The Kier molecular flexibility index (Phi) is 3.77. The molecule has 0 aliphatic heterocycles. The highest BCUT2D eigenvalue weighted by Gasteiger charge is 2.12. The SMILES string of the molecule is Cc1ccc(CNC(=O)c2sc(C)nc2C)cc1. The maximum Gasteiger partial charge on any atom is 0.263 e. The number of benzene rings is 1. The smallest absolute Gasteiger partial charge is 0.263 e. The number of aromatic nitrogens is 1. The first kappa shape index (κ1) is 12.8. The van der Waals surface area contributed by atoms with Gasteiger partial charge in [0.15, 0.2) is 0 Å². The summed E-state index contributed by atoms with van der Waals surface area (Å²) >= 11 is 1.44. The minimum absolute atomic E-state index is 0.0429. The molecule has 0 atom stereocenters. The van der Waals surface area contributed by atoms with Crippen molar-refractivity contribution in [3.8, 4) is 0 Å². The Hall–Kier alpha value is -1.68. The number of hydrogen-bond acceptors (Lipinski definition) is 3. The molecule has 0 spiro atoms. The highest BCUT2D eigenvalue weighted by atomic mass is 32.1. The largest absolute Gasteiger partial charge is 0.347 e. The molecule has 0 aliphatic rings. The molecular formula is C14H16N2OS. The van der Waals surface area contributed by atoms with Gasteiger partial charge in [0, 0.05) is 6.54 Å². The lowest BCUT2D eigenvalue weighted by Gasteiger charge is -2.04. The molecule has 18 heavy (non-hydrogen) atoms. The summed E-state index contributed by atoms with van der Waals surface area (Å²) in [4.78, 5) is 16.9. The fraction of sp³-hybridized carbons (Fsp3) is 0.286. The van der Waals surface area contributed by atoms with Crippen LogP contribution in [-0.2, 0) is 6.54 Å². The van der Waals surface area contributed by atoms with E-state index in [1.54, 1.807) is 0 Å². The molecule has 0 saturated heterocycles. The topological polar surface area (TPSA) is 42.0 Å². The lowest BCUT2D eigenvalue weighted by atomic mass is 10.1. The van der Waals surface area contributed by atoms with E-state index in [0.29, 0.717) is 11.4 Å². The monoisotopic (exact) mass is 260 g/mol. The van der Waals surface area contributed by atoms with E-state index in [4.69, 9.17) is 0 Å². The van der Waals surface area contributed by atoms with E-state index in [0.717, 1.165) is 16.3 Å². The number of hydrogen-bond donors (Lipinski definition) is 1. The summed E-state index contributed by atoms with van der Waals surface area (Å²) in [6.07, 6.45) is 0. The summed E-state index contributed by atoms with van der Waals surface area (Å²) in [6, 6.07) is 8.15. The van der Waals surface area contributed by atoms with Gasteiger partial charge in [-0.3, -0.25) is 4.79 Å². The van der Waals surface area contributed by atoms with Crippen LogP contribution in [0.1, 0.15) is 31.5 Å². The predicted molar refractivity (Wildman–Crippen MR) is 73.9 cm³/mol. The Morgan fingerprint density at radius 2 is 1.89 bits per heavy atom. The third kappa shape index (κ3) is 2.96. The standard InChI is InChI=1S/C14H16N2OS/c1-9-4-6-12(7-5-9)8-15-14(17)13-10(2)16-11(3)18-13/h4-7H,8H2,1-3H3,(H,15,17). The van der Waals surface area contributed by atoms with Crippen molar-refractivity contribution in [3.05, 3.63) is 51.0 Å². The van der Waals surface area contributed by atoms with Crippen LogP contribution in [0.15, 0.2) is 24.3 Å². The second-order valence-corrected chi connectivity index (χ2v) is 5.52. The van der Waals surface area contributed by atoms with Crippen LogP contribution in [0.4, 0.5) is 0 Å². The van der Waals surface area contributed by atoms with Crippen LogP contribution in [0, 0.1) is 20.8 Å². The molecule has 0 bridgehead atoms. The third-order valence-corrected chi connectivity index (χ3v) is 3.76. The van der Waals surface area contributed by atoms with Crippen LogP contribution in [0.5, 0.6) is 0 Å². The first-order valence-corrected chi connectivity index (χ1v) is 6.65. The molecule has 1 heterocycles. The highest BCUT2D eigenvalue weighted by molar-refractivity contribution is 7.13. The number of nitrogens with one attached hydrogen (secondary N) is 1. The minimum atomic E-state index is -0.0429. The van der Waals surface area contributed by atoms with Crippen molar-refractivity contribution in [2.45, 2.75) is 27.3 Å². The molecule has 1 aromatic carbocycles. The van der Waals surface area contributed by atoms with E-state index in [-0.39, 0.29) is 5.91 Å². The molecule has 2 rings (SSSR count). The molecule has 94 valence electrons. The number of thiazole rings is 1. The van der Waals surface area contributed by atoms with Crippen molar-refractivity contribution in [2.24, 2.45) is 0 Å². The molecule has 2 aromatic rings. The van der Waals surface area contributed by atoms with Crippen LogP contribution in [-0.4, -0.2) is 10.9 Å². The number of rotatable bonds is 3. The van der Waals surface area contributed by atoms with Gasteiger partial charge < -0.3 is 5.32 Å². The maximum absolute atomic E-state index is 12.0. The van der Waals surface area contributed by atoms with Crippen LogP contribution in [0.2, 0.25) is 0 Å². The minimum Gasteiger partial charge on any atom is -0.347 e. The van der Waals surface area contributed by atoms with Crippen LogP contribution < -0.4 is 5.32 Å². The van der Waals surface area contributed by atoms with E-state index in [1.165, 1.54) is 16.9 Å². The molecule has 0 unspecified atom stereocenters. The zero-order valence-corrected chi connectivity index (χ0v) is 11.6. The van der Waals surface area contributed by atoms with Crippen molar-refractivity contribution in [2.75, 3.05) is 0 Å². The molecular weight excluding hydrogens is 244 g/mol. The quantitative estimate of drug-likeness (QED) is 0.921. The van der Waals surface area contributed by atoms with Crippen molar-refractivity contribution < 1.29 is 4.79 Å². The fourth-order valence-corrected chi connectivity index (χ4v) is 2.55. The van der Waals surface area contributed by atoms with E-state index in [2.05, 4.69) is 10.3 Å². The van der Waals surface area contributed by atoms with Gasteiger partial charge in [-0.25, -0.2) is 4.98 Å². The Labute approximate surface area is 111 Å². The van der Waals surface area contributed by atoms with Gasteiger partial charge in [0.05, 0.1) is 10.7 Å². The van der Waals surface area contributed by atoms with Crippen LogP contribution >= 0.6 is 11.3 Å². The van der Waals surface area contributed by atoms with Crippen LogP contribution in [0.25, 0.3) is 0 Å². The van der Waals surface area contributed by atoms with E-state index in [9.17, 15) is 4.79 Å². The van der Waals surface area contributed by atoms with Crippen molar-refractivity contribution in [1.82, 2.24) is 10.3 Å². The Morgan fingerprint density at radius 1 is 1.22 bits per heavy atom. The van der Waals surface area contributed by atoms with E-state index < -0.39 is 0 Å². The number of amides is 1. The zero-order valence-electron chi connectivity index (χ0n) is 10.8. The van der Waals surface area contributed by atoms with Gasteiger partial charge in [-0.1, -0.05) is 29.8 Å². The van der Waals surface area contributed by atoms with Gasteiger partial charge in [0.1, 0.15) is 4.88 Å². The maximum atomic E-state index is 12.0. The lowest BCUT2D eigenvalue weighted by molar-refractivity contribution is 0.0954. The highest BCUT2D eigenvalue weighted by Crippen LogP contribution is 2.16. The first-order chi connectivity index (χ1) is 8.56. The number of aryl methyl sites for hydroxylation is 3. The summed E-state index contributed by atoms with van der Waals surface area (Å²) in [5, 5.41) is 3.84. The molecule has 1 amide bonds. The normalized spacial score (nSPS) is 10.4. The second kappa shape index (κ2) is 5.31. The van der Waals surface area contributed by atoms with Gasteiger partial charge in [-0.2, -0.15) is 0 Å².